The number of anilines is 2. The first kappa shape index (κ1) is 20.4. The highest BCUT2D eigenvalue weighted by Crippen LogP contribution is 2.37. The van der Waals surface area contributed by atoms with E-state index in [1.165, 1.54) is 17.7 Å². The first-order chi connectivity index (χ1) is 15.6. The lowest BCUT2D eigenvalue weighted by atomic mass is 10.1. The van der Waals surface area contributed by atoms with Crippen molar-refractivity contribution in [1.82, 2.24) is 9.97 Å². The fourth-order valence-electron chi connectivity index (χ4n) is 4.35. The second-order valence-corrected chi connectivity index (χ2v) is 8.30. The number of aryl methyl sites for hydroxylation is 2. The van der Waals surface area contributed by atoms with Gasteiger partial charge in [-0.05, 0) is 54.7 Å². The first-order valence-electron chi connectivity index (χ1n) is 10.9. The summed E-state index contributed by atoms with van der Waals surface area (Å²) in [7, 11) is 1.81. The molecule has 1 amide bonds. The number of carbonyl (C=O) groups is 1. The molecule has 0 radical (unpaired) electrons. The Morgan fingerprint density at radius 3 is 2.59 bits per heavy atom. The van der Waals surface area contributed by atoms with Crippen molar-refractivity contribution in [2.45, 2.75) is 38.3 Å². The minimum Gasteiger partial charge on any atom is -0.489 e. The molecular weight excluding hydrogens is 407 g/mol. The number of aromatic nitrogens is 2. The number of likely N-dealkylation sites (N-methyl/N-ethyl adjacent to an activating group) is 1. The Morgan fingerprint density at radius 1 is 1.06 bits per heavy atom. The Bertz CT molecular complexity index is 1120. The number of amides is 1. The predicted octanol–water partition coefficient (Wildman–Crippen LogP) is 3.93. The quantitative estimate of drug-likeness (QED) is 0.591. The average Bonchev–Trinajstić information content (AvgIpc) is 3.32. The fourth-order valence-corrected chi connectivity index (χ4v) is 4.35. The third-order valence-corrected chi connectivity index (χ3v) is 6.18. The van der Waals surface area contributed by atoms with Crippen LogP contribution in [0.3, 0.4) is 0 Å². The largest absolute Gasteiger partial charge is 0.489 e. The number of benzene rings is 2. The van der Waals surface area contributed by atoms with Crippen molar-refractivity contribution < 1.29 is 13.9 Å². The van der Waals surface area contributed by atoms with Gasteiger partial charge in [0, 0.05) is 20.0 Å². The van der Waals surface area contributed by atoms with Gasteiger partial charge in [0.05, 0.1) is 6.20 Å². The van der Waals surface area contributed by atoms with Crippen LogP contribution in [0.5, 0.6) is 5.75 Å². The van der Waals surface area contributed by atoms with E-state index >= 15 is 0 Å². The lowest BCUT2D eigenvalue weighted by Gasteiger charge is -2.36. The number of ether oxygens (including phenoxy) is 1. The summed E-state index contributed by atoms with van der Waals surface area (Å²) in [4.78, 5) is 25.7. The van der Waals surface area contributed by atoms with Gasteiger partial charge in [-0.1, -0.05) is 24.3 Å². The van der Waals surface area contributed by atoms with Crippen LogP contribution in [0.2, 0.25) is 0 Å². The molecule has 1 atom stereocenters. The normalized spacial score (nSPS) is 17.3. The van der Waals surface area contributed by atoms with Crippen molar-refractivity contribution in [3.8, 4) is 5.75 Å². The Balaban J connectivity index is 1.21. The van der Waals surface area contributed by atoms with Gasteiger partial charge in [0.2, 0.25) is 5.91 Å². The Labute approximate surface area is 186 Å². The van der Waals surface area contributed by atoms with Gasteiger partial charge in [-0.3, -0.25) is 4.79 Å². The number of hydrogen-bond donors (Lipinski definition) is 0. The molecule has 3 heterocycles. The summed E-state index contributed by atoms with van der Waals surface area (Å²) >= 11 is 0. The minimum atomic E-state index is -0.248. The first-order valence-corrected chi connectivity index (χ1v) is 10.9. The standard InChI is InChI=1S/C25H25FN4O2/c1-29-22-15-27-23(28-24(22)30-14-2-3-21(30)25(29)31)13-8-17-6-11-20(12-7-17)32-16-18-4-9-19(26)10-5-18/h4-7,9-12,15,21H,2-3,8,13-14,16H2,1H3/t21-/m1/s1. The second kappa shape index (κ2) is 8.57. The highest BCUT2D eigenvalue weighted by Gasteiger charge is 2.40. The molecule has 0 aliphatic carbocycles. The topological polar surface area (TPSA) is 58.6 Å². The molecule has 32 heavy (non-hydrogen) atoms. The van der Waals surface area contributed by atoms with Crippen molar-refractivity contribution in [3.05, 3.63) is 77.5 Å². The van der Waals surface area contributed by atoms with Gasteiger partial charge in [0.15, 0.2) is 5.82 Å². The molecule has 1 aromatic heterocycles. The highest BCUT2D eigenvalue weighted by molar-refractivity contribution is 6.04. The molecule has 0 saturated carbocycles. The van der Waals surface area contributed by atoms with Crippen LogP contribution >= 0.6 is 0 Å². The zero-order valence-corrected chi connectivity index (χ0v) is 18.0. The summed E-state index contributed by atoms with van der Waals surface area (Å²) in [5, 5.41) is 0. The van der Waals surface area contributed by atoms with E-state index < -0.39 is 0 Å². The fraction of sp³-hybridized carbons (Fsp3) is 0.320. The van der Waals surface area contributed by atoms with E-state index in [4.69, 9.17) is 9.72 Å². The number of hydrogen-bond acceptors (Lipinski definition) is 5. The summed E-state index contributed by atoms with van der Waals surface area (Å²) in [6.45, 7) is 1.27. The van der Waals surface area contributed by atoms with Gasteiger partial charge in [-0.2, -0.15) is 0 Å². The maximum Gasteiger partial charge on any atom is 0.249 e. The predicted molar refractivity (Wildman–Crippen MR) is 120 cm³/mol. The van der Waals surface area contributed by atoms with Crippen molar-refractivity contribution >= 4 is 17.4 Å². The molecule has 0 bridgehead atoms. The third-order valence-electron chi connectivity index (χ3n) is 6.18. The SMILES string of the molecule is CN1C(=O)[C@H]2CCCN2c2nc(CCc3ccc(OCc4ccc(F)cc4)cc3)ncc21. The smallest absolute Gasteiger partial charge is 0.249 e. The Hall–Kier alpha value is -3.48. The van der Waals surface area contributed by atoms with Gasteiger partial charge in [-0.25, -0.2) is 14.4 Å². The monoisotopic (exact) mass is 432 g/mol. The van der Waals surface area contributed by atoms with Crippen LogP contribution in [0.4, 0.5) is 15.9 Å². The number of nitrogens with zero attached hydrogens (tertiary/aromatic N) is 4. The van der Waals surface area contributed by atoms with Gasteiger partial charge in [-0.15, -0.1) is 0 Å². The molecule has 5 rings (SSSR count). The van der Waals surface area contributed by atoms with Crippen LogP contribution < -0.4 is 14.5 Å². The van der Waals surface area contributed by atoms with Crippen LogP contribution in [0, 0.1) is 5.82 Å². The molecule has 1 saturated heterocycles. The van der Waals surface area contributed by atoms with Crippen LogP contribution in [0.15, 0.2) is 54.7 Å². The average molecular weight is 432 g/mol. The molecule has 1 fully saturated rings. The molecule has 3 aromatic rings. The van der Waals surface area contributed by atoms with E-state index in [0.29, 0.717) is 6.61 Å². The van der Waals surface area contributed by atoms with Gasteiger partial charge in [0.1, 0.15) is 35.7 Å². The Kier molecular flexibility index (Phi) is 5.47. The summed E-state index contributed by atoms with van der Waals surface area (Å²) in [6, 6.07) is 14.2. The maximum atomic E-state index is 13.0. The van der Waals surface area contributed by atoms with Crippen molar-refractivity contribution in [2.75, 3.05) is 23.4 Å². The molecular formula is C25H25FN4O2. The van der Waals surface area contributed by atoms with Gasteiger partial charge >= 0.3 is 0 Å². The molecule has 2 aromatic carbocycles. The molecule has 2 aliphatic heterocycles. The van der Waals surface area contributed by atoms with E-state index in [9.17, 15) is 9.18 Å². The van der Waals surface area contributed by atoms with E-state index in [-0.39, 0.29) is 17.8 Å². The van der Waals surface area contributed by atoms with Crippen LogP contribution in [-0.4, -0.2) is 35.5 Å². The van der Waals surface area contributed by atoms with Crippen molar-refractivity contribution in [3.63, 3.8) is 0 Å². The number of fused-ring (bicyclic) bond motifs is 3. The van der Waals surface area contributed by atoms with Crippen LogP contribution in [0.25, 0.3) is 0 Å². The summed E-state index contributed by atoms with van der Waals surface area (Å²) in [5.41, 5.74) is 2.89. The lowest BCUT2D eigenvalue weighted by Crippen LogP contribution is -2.49. The van der Waals surface area contributed by atoms with E-state index in [1.54, 1.807) is 30.3 Å². The van der Waals surface area contributed by atoms with E-state index in [2.05, 4.69) is 9.88 Å². The molecule has 164 valence electrons. The number of rotatable bonds is 6. The summed E-state index contributed by atoms with van der Waals surface area (Å²) in [6.07, 6.45) is 5.21. The maximum absolute atomic E-state index is 13.0. The van der Waals surface area contributed by atoms with Gasteiger partial charge < -0.3 is 14.5 Å². The summed E-state index contributed by atoms with van der Waals surface area (Å²) in [5.74, 6) is 2.32. The molecule has 0 unspecified atom stereocenters. The number of halogens is 1. The molecule has 0 N–H and O–H groups in total. The second-order valence-electron chi connectivity index (χ2n) is 8.30. The molecule has 6 nitrogen and oxygen atoms in total. The number of carbonyl (C=O) groups excluding carboxylic acids is 1. The molecule has 0 spiro atoms. The zero-order valence-electron chi connectivity index (χ0n) is 18.0. The highest BCUT2D eigenvalue weighted by atomic mass is 19.1. The third kappa shape index (κ3) is 4.02. The van der Waals surface area contributed by atoms with E-state index in [0.717, 1.165) is 60.9 Å². The summed E-state index contributed by atoms with van der Waals surface area (Å²) < 4.78 is 18.8. The molecule has 2 aliphatic rings. The van der Waals surface area contributed by atoms with Crippen LogP contribution in [-0.2, 0) is 24.2 Å². The van der Waals surface area contributed by atoms with Gasteiger partial charge in [0.25, 0.3) is 0 Å². The minimum absolute atomic E-state index is 0.0855. The Morgan fingerprint density at radius 2 is 1.81 bits per heavy atom. The molecule has 7 heteroatoms. The lowest BCUT2D eigenvalue weighted by molar-refractivity contribution is -0.119. The van der Waals surface area contributed by atoms with Crippen LogP contribution in [0.1, 0.15) is 29.8 Å². The van der Waals surface area contributed by atoms with E-state index in [1.807, 2.05) is 24.3 Å². The van der Waals surface area contributed by atoms with Crippen molar-refractivity contribution in [1.29, 1.82) is 0 Å². The van der Waals surface area contributed by atoms with Crippen molar-refractivity contribution in [2.24, 2.45) is 0 Å². The zero-order chi connectivity index (χ0) is 22.1.